The number of aliphatic carboxylic acids is 1. The number of hydrogen-bond acceptors (Lipinski definition) is 4. The van der Waals surface area contributed by atoms with E-state index in [0.29, 0.717) is 24.5 Å². The minimum atomic E-state index is -1.12. The Kier molecular flexibility index (Phi) is 4.95. The fourth-order valence-electron chi connectivity index (χ4n) is 1.88. The first-order chi connectivity index (χ1) is 9.68. The quantitative estimate of drug-likeness (QED) is 0.803. The molecule has 20 heavy (non-hydrogen) atoms. The largest absolute Gasteiger partial charge is 0.493 e. The Labute approximate surface area is 116 Å². The van der Waals surface area contributed by atoms with E-state index in [4.69, 9.17) is 14.6 Å². The first-order valence-corrected chi connectivity index (χ1v) is 6.51. The van der Waals surface area contributed by atoms with Crippen LogP contribution in [0.1, 0.15) is 23.2 Å². The van der Waals surface area contributed by atoms with Crippen LogP contribution in [0.2, 0.25) is 0 Å². The maximum absolute atomic E-state index is 12.1. The van der Waals surface area contributed by atoms with Crippen LogP contribution in [0, 0.1) is 0 Å². The van der Waals surface area contributed by atoms with Crippen LogP contribution in [0.25, 0.3) is 0 Å². The zero-order valence-corrected chi connectivity index (χ0v) is 11.0. The third-order valence-corrected chi connectivity index (χ3v) is 2.96. The van der Waals surface area contributed by atoms with Crippen LogP contribution >= 0.6 is 0 Å². The Morgan fingerprint density at radius 2 is 2.00 bits per heavy atom. The number of para-hydroxylation sites is 1. The smallest absolute Gasteiger partial charge is 0.328 e. The highest BCUT2D eigenvalue weighted by molar-refractivity contribution is 5.98. The Balaban J connectivity index is 2.21. The minimum absolute atomic E-state index is 0.0376. The van der Waals surface area contributed by atoms with Crippen molar-refractivity contribution in [2.45, 2.75) is 18.9 Å². The number of carboxylic acids is 1. The average molecular weight is 279 g/mol. The molecular formula is C14H17NO5. The van der Waals surface area contributed by atoms with Gasteiger partial charge in [0.2, 0.25) is 0 Å². The van der Waals surface area contributed by atoms with E-state index in [0.717, 1.165) is 12.8 Å². The molecule has 0 radical (unpaired) electrons. The summed E-state index contributed by atoms with van der Waals surface area (Å²) < 4.78 is 10.8. The predicted molar refractivity (Wildman–Crippen MR) is 70.9 cm³/mol. The van der Waals surface area contributed by atoms with Gasteiger partial charge in [-0.2, -0.15) is 0 Å². The zero-order chi connectivity index (χ0) is 14.4. The van der Waals surface area contributed by atoms with E-state index >= 15 is 0 Å². The lowest BCUT2D eigenvalue weighted by Gasteiger charge is -2.18. The van der Waals surface area contributed by atoms with E-state index in [2.05, 4.69) is 5.32 Å². The second-order valence-corrected chi connectivity index (χ2v) is 4.49. The molecule has 0 aromatic heterocycles. The minimum Gasteiger partial charge on any atom is -0.493 e. The fourth-order valence-corrected chi connectivity index (χ4v) is 1.88. The SMILES string of the molecule is O=C1N[C@H](C(=O)O)COCCCCOc2ccccc21. The Hall–Kier alpha value is -2.08. The van der Waals surface area contributed by atoms with Gasteiger partial charge in [-0.05, 0) is 25.0 Å². The molecule has 108 valence electrons. The third kappa shape index (κ3) is 3.71. The highest BCUT2D eigenvalue weighted by atomic mass is 16.5. The Bertz CT molecular complexity index is 488. The highest BCUT2D eigenvalue weighted by Crippen LogP contribution is 2.18. The lowest BCUT2D eigenvalue weighted by atomic mass is 10.1. The lowest BCUT2D eigenvalue weighted by Crippen LogP contribution is -2.44. The van der Waals surface area contributed by atoms with Crippen molar-refractivity contribution in [2.75, 3.05) is 19.8 Å². The second-order valence-electron chi connectivity index (χ2n) is 4.49. The van der Waals surface area contributed by atoms with Crippen molar-refractivity contribution in [3.8, 4) is 5.75 Å². The summed E-state index contributed by atoms with van der Waals surface area (Å²) in [6.07, 6.45) is 1.57. The van der Waals surface area contributed by atoms with E-state index in [1.54, 1.807) is 24.3 Å². The molecule has 6 nitrogen and oxygen atoms in total. The fraction of sp³-hybridized carbons (Fsp3) is 0.429. The van der Waals surface area contributed by atoms with Gasteiger partial charge < -0.3 is 19.9 Å². The van der Waals surface area contributed by atoms with Crippen molar-refractivity contribution in [2.24, 2.45) is 0 Å². The number of amides is 1. The van der Waals surface area contributed by atoms with Gasteiger partial charge in [0.05, 0.1) is 18.8 Å². The van der Waals surface area contributed by atoms with Gasteiger partial charge in [0.15, 0.2) is 6.04 Å². The van der Waals surface area contributed by atoms with Gasteiger partial charge in [-0.15, -0.1) is 0 Å². The van der Waals surface area contributed by atoms with Crippen LogP contribution in [0.4, 0.5) is 0 Å². The maximum atomic E-state index is 12.1. The molecule has 1 aromatic carbocycles. The molecule has 0 fully saturated rings. The summed E-state index contributed by atoms with van der Waals surface area (Å²) in [5, 5.41) is 11.5. The molecule has 2 N–H and O–H groups in total. The van der Waals surface area contributed by atoms with Gasteiger partial charge >= 0.3 is 5.97 Å². The van der Waals surface area contributed by atoms with Crippen molar-refractivity contribution in [1.29, 1.82) is 0 Å². The van der Waals surface area contributed by atoms with Crippen LogP contribution in [0.3, 0.4) is 0 Å². The molecule has 0 aliphatic carbocycles. The van der Waals surface area contributed by atoms with Crippen molar-refractivity contribution in [1.82, 2.24) is 5.32 Å². The number of carboxylic acid groups (broad SMARTS) is 1. The number of ether oxygens (including phenoxy) is 2. The number of nitrogens with one attached hydrogen (secondary N) is 1. The average Bonchev–Trinajstić information content (AvgIpc) is 2.43. The Morgan fingerprint density at radius 1 is 1.25 bits per heavy atom. The number of hydrogen-bond donors (Lipinski definition) is 2. The van der Waals surface area contributed by atoms with E-state index in [9.17, 15) is 9.59 Å². The van der Waals surface area contributed by atoms with Gasteiger partial charge in [0, 0.05) is 6.61 Å². The van der Waals surface area contributed by atoms with Gasteiger partial charge in [0.25, 0.3) is 5.91 Å². The molecule has 1 atom stereocenters. The predicted octanol–water partition coefficient (Wildman–Crippen LogP) is 1.06. The molecule has 0 unspecified atom stereocenters. The molecule has 1 aliphatic heterocycles. The maximum Gasteiger partial charge on any atom is 0.328 e. The van der Waals surface area contributed by atoms with Crippen molar-refractivity contribution in [3.05, 3.63) is 29.8 Å². The van der Waals surface area contributed by atoms with E-state index in [-0.39, 0.29) is 6.61 Å². The first kappa shape index (κ1) is 14.3. The molecule has 2 rings (SSSR count). The second kappa shape index (κ2) is 6.91. The zero-order valence-electron chi connectivity index (χ0n) is 11.0. The summed E-state index contributed by atoms with van der Waals surface area (Å²) in [6.45, 7) is 0.908. The van der Waals surface area contributed by atoms with Gasteiger partial charge in [-0.25, -0.2) is 4.79 Å². The molecule has 1 amide bonds. The summed E-state index contributed by atoms with van der Waals surface area (Å²) in [7, 11) is 0. The molecule has 1 aliphatic rings. The monoisotopic (exact) mass is 279 g/mol. The van der Waals surface area contributed by atoms with E-state index in [1.165, 1.54) is 0 Å². The first-order valence-electron chi connectivity index (χ1n) is 6.51. The van der Waals surface area contributed by atoms with Gasteiger partial charge in [-0.1, -0.05) is 12.1 Å². The van der Waals surface area contributed by atoms with E-state index < -0.39 is 17.9 Å². The standard InChI is InChI=1S/C14H17NO5/c16-13-10-5-1-2-6-12(10)20-8-4-3-7-19-9-11(15-13)14(17)18/h1-2,5-6,11H,3-4,7-9H2,(H,15,16)(H,17,18)/t11-/m0/s1. The number of carbonyl (C=O) groups is 2. The molecule has 0 saturated carbocycles. The van der Waals surface area contributed by atoms with Gasteiger partial charge in [-0.3, -0.25) is 4.79 Å². The molecular weight excluding hydrogens is 262 g/mol. The molecule has 0 bridgehead atoms. The van der Waals surface area contributed by atoms with Crippen LogP contribution in [0.15, 0.2) is 24.3 Å². The van der Waals surface area contributed by atoms with Crippen molar-refractivity contribution >= 4 is 11.9 Å². The summed E-state index contributed by atoms with van der Waals surface area (Å²) in [5.41, 5.74) is 0.333. The topological polar surface area (TPSA) is 84.9 Å². The van der Waals surface area contributed by atoms with Gasteiger partial charge in [0.1, 0.15) is 5.75 Å². The lowest BCUT2D eigenvalue weighted by molar-refractivity contribution is -0.140. The Morgan fingerprint density at radius 3 is 2.80 bits per heavy atom. The van der Waals surface area contributed by atoms with Crippen molar-refractivity contribution < 1.29 is 24.2 Å². The van der Waals surface area contributed by atoms with Crippen LogP contribution in [-0.4, -0.2) is 42.8 Å². The van der Waals surface area contributed by atoms with Crippen molar-refractivity contribution in [3.63, 3.8) is 0 Å². The summed E-state index contributed by atoms with van der Waals surface area (Å²) in [5.74, 6) is -1.12. The summed E-state index contributed by atoms with van der Waals surface area (Å²) in [4.78, 5) is 23.2. The van der Waals surface area contributed by atoms with E-state index in [1.807, 2.05) is 0 Å². The number of benzene rings is 1. The number of rotatable bonds is 1. The molecule has 0 spiro atoms. The number of fused-ring (bicyclic) bond motifs is 1. The molecule has 1 aromatic rings. The summed E-state index contributed by atoms with van der Waals surface area (Å²) >= 11 is 0. The third-order valence-electron chi connectivity index (χ3n) is 2.96. The summed E-state index contributed by atoms with van der Waals surface area (Å²) in [6, 6.07) is 5.73. The molecule has 1 heterocycles. The number of carbonyl (C=O) groups excluding carboxylic acids is 1. The van der Waals surface area contributed by atoms with Crippen LogP contribution < -0.4 is 10.1 Å². The normalized spacial score (nSPS) is 20.6. The molecule has 0 saturated heterocycles. The van der Waals surface area contributed by atoms with Crippen LogP contribution in [0.5, 0.6) is 5.75 Å². The highest BCUT2D eigenvalue weighted by Gasteiger charge is 2.23. The molecule has 6 heteroatoms. The van der Waals surface area contributed by atoms with Crippen LogP contribution in [-0.2, 0) is 9.53 Å².